The van der Waals surface area contributed by atoms with E-state index in [0.29, 0.717) is 0 Å². The Kier molecular flexibility index (Phi) is 3.67. The molecular formula is C8H18N2O2. The molecule has 0 unspecified atom stereocenters. The minimum atomic E-state index is -0.941. The van der Waals surface area contributed by atoms with Crippen molar-refractivity contribution < 1.29 is 9.53 Å². The average Bonchev–Trinajstić information content (AvgIpc) is 1.82. The SMILES string of the molecule is CC(C)[C@H](N)C(=O)OC(C)(C)N. The minimum absolute atomic E-state index is 0.0693. The van der Waals surface area contributed by atoms with Crippen molar-refractivity contribution in [1.29, 1.82) is 0 Å². The van der Waals surface area contributed by atoms with E-state index in [1.54, 1.807) is 13.8 Å². The number of rotatable bonds is 3. The molecule has 0 spiro atoms. The summed E-state index contributed by atoms with van der Waals surface area (Å²) in [6.45, 7) is 6.93. The lowest BCUT2D eigenvalue weighted by Gasteiger charge is -2.23. The highest BCUT2D eigenvalue weighted by atomic mass is 16.6. The van der Waals surface area contributed by atoms with Crippen molar-refractivity contribution in [2.24, 2.45) is 17.4 Å². The highest BCUT2D eigenvalue weighted by Crippen LogP contribution is 2.06. The summed E-state index contributed by atoms with van der Waals surface area (Å²) < 4.78 is 4.87. The highest BCUT2D eigenvalue weighted by molar-refractivity contribution is 5.76. The molecular weight excluding hydrogens is 156 g/mol. The summed E-state index contributed by atoms with van der Waals surface area (Å²) in [7, 11) is 0. The molecule has 0 aliphatic rings. The fourth-order valence-corrected chi connectivity index (χ4v) is 0.599. The van der Waals surface area contributed by atoms with Gasteiger partial charge in [-0.2, -0.15) is 0 Å². The van der Waals surface area contributed by atoms with Gasteiger partial charge in [0, 0.05) is 0 Å². The summed E-state index contributed by atoms with van der Waals surface area (Å²) in [5, 5.41) is 0. The van der Waals surface area contributed by atoms with Crippen molar-refractivity contribution >= 4 is 5.97 Å². The summed E-state index contributed by atoms with van der Waals surface area (Å²) in [6.07, 6.45) is 0. The third-order valence-electron chi connectivity index (χ3n) is 1.35. The first-order chi connectivity index (χ1) is 5.24. The molecule has 0 bridgehead atoms. The Bertz CT molecular complexity index is 161. The van der Waals surface area contributed by atoms with Crippen molar-refractivity contribution in [3.63, 3.8) is 0 Å². The third kappa shape index (κ3) is 4.31. The number of nitrogens with two attached hydrogens (primary N) is 2. The molecule has 4 heteroatoms. The Morgan fingerprint density at radius 2 is 1.83 bits per heavy atom. The van der Waals surface area contributed by atoms with Crippen LogP contribution in [0.5, 0.6) is 0 Å². The van der Waals surface area contributed by atoms with Crippen LogP contribution in [0.2, 0.25) is 0 Å². The van der Waals surface area contributed by atoms with E-state index in [0.717, 1.165) is 0 Å². The summed E-state index contributed by atoms with van der Waals surface area (Å²) in [4.78, 5) is 11.2. The molecule has 72 valence electrons. The van der Waals surface area contributed by atoms with Crippen LogP contribution in [-0.4, -0.2) is 17.7 Å². The van der Waals surface area contributed by atoms with Gasteiger partial charge < -0.3 is 10.5 Å². The maximum Gasteiger partial charge on any atom is 0.324 e. The largest absolute Gasteiger partial charge is 0.444 e. The van der Waals surface area contributed by atoms with E-state index in [1.165, 1.54) is 0 Å². The number of hydrogen-bond donors (Lipinski definition) is 2. The molecule has 0 rings (SSSR count). The van der Waals surface area contributed by atoms with Crippen LogP contribution in [0.15, 0.2) is 0 Å². The second-order valence-corrected chi connectivity index (χ2v) is 3.79. The number of esters is 1. The van der Waals surface area contributed by atoms with Gasteiger partial charge in [-0.15, -0.1) is 0 Å². The quantitative estimate of drug-likeness (QED) is 0.473. The van der Waals surface area contributed by atoms with Crippen LogP contribution in [0.4, 0.5) is 0 Å². The normalized spacial score (nSPS) is 14.6. The predicted molar refractivity (Wildman–Crippen MR) is 47.2 cm³/mol. The monoisotopic (exact) mass is 174 g/mol. The third-order valence-corrected chi connectivity index (χ3v) is 1.35. The van der Waals surface area contributed by atoms with Crippen LogP contribution in [0.1, 0.15) is 27.7 Å². The first-order valence-corrected chi connectivity index (χ1v) is 4.01. The lowest BCUT2D eigenvalue weighted by atomic mass is 10.1. The molecule has 0 saturated heterocycles. The van der Waals surface area contributed by atoms with Gasteiger partial charge in [-0.05, 0) is 19.8 Å². The molecule has 0 saturated carbocycles. The fraction of sp³-hybridized carbons (Fsp3) is 0.875. The Balaban J connectivity index is 4.05. The van der Waals surface area contributed by atoms with Crippen molar-refractivity contribution in [3.8, 4) is 0 Å². The van der Waals surface area contributed by atoms with Crippen LogP contribution in [0, 0.1) is 5.92 Å². The van der Waals surface area contributed by atoms with Crippen LogP contribution in [-0.2, 0) is 9.53 Å². The van der Waals surface area contributed by atoms with E-state index in [1.807, 2.05) is 13.8 Å². The summed E-state index contributed by atoms with van der Waals surface area (Å²) in [5.41, 5.74) is 10.1. The van der Waals surface area contributed by atoms with Crippen molar-refractivity contribution in [2.45, 2.75) is 39.5 Å². The maximum atomic E-state index is 11.2. The van der Waals surface area contributed by atoms with Gasteiger partial charge in [-0.3, -0.25) is 10.5 Å². The predicted octanol–water partition coefficient (Wildman–Crippen LogP) is 0.208. The molecule has 4 N–H and O–H groups in total. The van der Waals surface area contributed by atoms with E-state index in [9.17, 15) is 4.79 Å². The van der Waals surface area contributed by atoms with Crippen molar-refractivity contribution in [2.75, 3.05) is 0 Å². The standard InChI is InChI=1S/C8H18N2O2/c1-5(2)6(9)7(11)12-8(3,4)10/h5-6H,9-10H2,1-4H3/t6-/m0/s1. The Morgan fingerprint density at radius 1 is 1.42 bits per heavy atom. The zero-order valence-electron chi connectivity index (χ0n) is 8.13. The van der Waals surface area contributed by atoms with Crippen LogP contribution < -0.4 is 11.5 Å². The zero-order valence-corrected chi connectivity index (χ0v) is 8.13. The second-order valence-electron chi connectivity index (χ2n) is 3.79. The van der Waals surface area contributed by atoms with Gasteiger partial charge in [0.05, 0.1) is 0 Å². The van der Waals surface area contributed by atoms with Gasteiger partial charge in [-0.1, -0.05) is 13.8 Å². The Labute approximate surface area is 73.2 Å². The topological polar surface area (TPSA) is 78.3 Å². The van der Waals surface area contributed by atoms with E-state index in [4.69, 9.17) is 16.2 Å². The first-order valence-electron chi connectivity index (χ1n) is 4.01. The zero-order chi connectivity index (χ0) is 9.94. The lowest BCUT2D eigenvalue weighted by molar-refractivity contribution is -0.158. The summed E-state index contributed by atoms with van der Waals surface area (Å²) in [5.74, 6) is -0.377. The van der Waals surface area contributed by atoms with E-state index >= 15 is 0 Å². The Hall–Kier alpha value is -0.610. The van der Waals surface area contributed by atoms with Gasteiger partial charge in [0.15, 0.2) is 5.72 Å². The van der Waals surface area contributed by atoms with Gasteiger partial charge in [0.2, 0.25) is 0 Å². The van der Waals surface area contributed by atoms with Gasteiger partial charge in [0.25, 0.3) is 0 Å². The molecule has 4 nitrogen and oxygen atoms in total. The maximum absolute atomic E-state index is 11.2. The number of hydrogen-bond acceptors (Lipinski definition) is 4. The summed E-state index contributed by atoms with van der Waals surface area (Å²) in [6, 6.07) is -0.590. The van der Waals surface area contributed by atoms with Gasteiger partial charge in [0.1, 0.15) is 6.04 Å². The fourth-order valence-electron chi connectivity index (χ4n) is 0.599. The highest BCUT2D eigenvalue weighted by Gasteiger charge is 2.24. The van der Waals surface area contributed by atoms with Gasteiger partial charge in [-0.25, -0.2) is 0 Å². The van der Waals surface area contributed by atoms with Crippen LogP contribution in [0.25, 0.3) is 0 Å². The number of carbonyl (C=O) groups excluding carboxylic acids is 1. The molecule has 12 heavy (non-hydrogen) atoms. The smallest absolute Gasteiger partial charge is 0.324 e. The molecule has 0 amide bonds. The van der Waals surface area contributed by atoms with Crippen LogP contribution in [0.3, 0.4) is 0 Å². The first kappa shape index (κ1) is 11.4. The summed E-state index contributed by atoms with van der Waals surface area (Å²) >= 11 is 0. The van der Waals surface area contributed by atoms with Gasteiger partial charge >= 0.3 is 5.97 Å². The molecule has 0 aliphatic carbocycles. The van der Waals surface area contributed by atoms with Crippen molar-refractivity contribution in [3.05, 3.63) is 0 Å². The molecule has 0 aromatic rings. The second kappa shape index (κ2) is 3.87. The molecule has 1 atom stereocenters. The van der Waals surface area contributed by atoms with E-state index < -0.39 is 17.7 Å². The molecule has 0 fully saturated rings. The van der Waals surface area contributed by atoms with Crippen molar-refractivity contribution in [1.82, 2.24) is 0 Å². The van der Waals surface area contributed by atoms with Crippen LogP contribution >= 0.6 is 0 Å². The van der Waals surface area contributed by atoms with E-state index in [-0.39, 0.29) is 5.92 Å². The molecule has 0 radical (unpaired) electrons. The number of carbonyl (C=O) groups is 1. The molecule has 0 aliphatic heterocycles. The Morgan fingerprint density at radius 3 is 2.08 bits per heavy atom. The average molecular weight is 174 g/mol. The molecule has 0 aromatic carbocycles. The van der Waals surface area contributed by atoms with E-state index in [2.05, 4.69) is 0 Å². The molecule has 0 aromatic heterocycles. The molecule has 0 heterocycles. The lowest BCUT2D eigenvalue weighted by Crippen LogP contribution is -2.45. The minimum Gasteiger partial charge on any atom is -0.444 e. The number of ether oxygens (including phenoxy) is 1.